The summed E-state index contributed by atoms with van der Waals surface area (Å²) in [6.45, 7) is 2.42. The Balaban J connectivity index is 0.00000192. The molecular weight excluding hydrogens is 318 g/mol. The van der Waals surface area contributed by atoms with Gasteiger partial charge in [0.05, 0.1) is 17.8 Å². The van der Waals surface area contributed by atoms with E-state index < -0.39 is 12.1 Å². The molecule has 0 unspecified atom stereocenters. The summed E-state index contributed by atoms with van der Waals surface area (Å²) in [5.41, 5.74) is 0.904. The lowest BCUT2D eigenvalue weighted by atomic mass is 10.2. The predicted molar refractivity (Wildman–Crippen MR) is 89.0 cm³/mol. The average Bonchev–Trinajstić information content (AvgIpc) is 3.14. The predicted octanol–water partition coefficient (Wildman–Crippen LogP) is 0.913. The van der Waals surface area contributed by atoms with Gasteiger partial charge < -0.3 is 10.4 Å². The average molecular weight is 338 g/mol. The van der Waals surface area contributed by atoms with Crippen molar-refractivity contribution in [3.8, 4) is 5.69 Å². The highest BCUT2D eigenvalue weighted by Crippen LogP contribution is 2.14. The van der Waals surface area contributed by atoms with Gasteiger partial charge in [-0.3, -0.25) is 10.1 Å². The maximum atomic E-state index is 12.1. The van der Waals surface area contributed by atoms with Crippen LogP contribution in [0.15, 0.2) is 30.3 Å². The molecular formula is C15H20ClN5O2. The maximum Gasteiger partial charge on any atom is 0.249 e. The number of nitrogens with zero attached hydrogens (tertiary/aromatic N) is 3. The van der Waals surface area contributed by atoms with E-state index in [1.165, 1.54) is 0 Å². The molecule has 8 heteroatoms. The molecule has 1 aromatic carbocycles. The fraction of sp³-hybridized carbons (Fsp3) is 0.400. The van der Waals surface area contributed by atoms with Crippen molar-refractivity contribution < 1.29 is 9.90 Å². The molecule has 0 aliphatic carbocycles. The smallest absolute Gasteiger partial charge is 0.249 e. The van der Waals surface area contributed by atoms with Crippen molar-refractivity contribution in [1.82, 2.24) is 20.1 Å². The van der Waals surface area contributed by atoms with Gasteiger partial charge in [-0.25, -0.2) is 4.68 Å². The van der Waals surface area contributed by atoms with Crippen LogP contribution in [0, 0.1) is 0 Å². The third-order valence-corrected chi connectivity index (χ3v) is 3.65. The Hall–Kier alpha value is -1.96. The van der Waals surface area contributed by atoms with Crippen LogP contribution in [-0.2, 0) is 11.2 Å². The second-order valence-corrected chi connectivity index (χ2v) is 5.29. The summed E-state index contributed by atoms with van der Waals surface area (Å²) in [7, 11) is 0. The van der Waals surface area contributed by atoms with Gasteiger partial charge in [-0.2, -0.15) is 4.98 Å². The number of rotatable bonds is 4. The lowest BCUT2D eigenvalue weighted by molar-refractivity contribution is -0.118. The third-order valence-electron chi connectivity index (χ3n) is 3.65. The van der Waals surface area contributed by atoms with Crippen LogP contribution in [0.3, 0.4) is 0 Å². The zero-order valence-corrected chi connectivity index (χ0v) is 13.6. The van der Waals surface area contributed by atoms with Gasteiger partial charge in [0.15, 0.2) is 0 Å². The number of amides is 1. The minimum absolute atomic E-state index is 0. The number of aromatic nitrogens is 3. The highest BCUT2D eigenvalue weighted by molar-refractivity contribution is 5.93. The van der Waals surface area contributed by atoms with Gasteiger partial charge in [0.25, 0.3) is 0 Å². The standard InChI is InChI=1S/C15H19N5O2.ClH/c1-2-13-17-15(18-14(22)12-8-11(21)9-16-12)19-20(13)10-6-4-3-5-7-10;/h3-7,11-12,16,21H,2,8-9H2,1H3,(H,18,19,22);1H/t11-,12+;/m1./s1. The number of carbonyl (C=O) groups excluding carboxylic acids is 1. The summed E-state index contributed by atoms with van der Waals surface area (Å²) in [5, 5.41) is 19.5. The summed E-state index contributed by atoms with van der Waals surface area (Å²) in [6.07, 6.45) is 0.640. The van der Waals surface area contributed by atoms with Crippen molar-refractivity contribution in [3.63, 3.8) is 0 Å². The largest absolute Gasteiger partial charge is 0.392 e. The molecule has 0 bridgehead atoms. The highest BCUT2D eigenvalue weighted by atomic mass is 35.5. The van der Waals surface area contributed by atoms with E-state index in [1.54, 1.807) is 4.68 Å². The van der Waals surface area contributed by atoms with E-state index in [1.807, 2.05) is 37.3 Å². The van der Waals surface area contributed by atoms with Gasteiger partial charge in [0, 0.05) is 13.0 Å². The van der Waals surface area contributed by atoms with E-state index in [2.05, 4.69) is 20.7 Å². The van der Waals surface area contributed by atoms with Crippen LogP contribution in [0.2, 0.25) is 0 Å². The first kappa shape index (κ1) is 17.4. The Morgan fingerprint density at radius 1 is 1.43 bits per heavy atom. The molecule has 0 spiro atoms. The Morgan fingerprint density at radius 3 is 2.78 bits per heavy atom. The highest BCUT2D eigenvalue weighted by Gasteiger charge is 2.28. The number of aliphatic hydroxyl groups excluding tert-OH is 1. The van der Waals surface area contributed by atoms with Crippen LogP contribution in [0.5, 0.6) is 0 Å². The molecule has 2 atom stereocenters. The minimum atomic E-state index is -0.475. The summed E-state index contributed by atoms with van der Waals surface area (Å²) in [6, 6.07) is 9.27. The summed E-state index contributed by atoms with van der Waals surface area (Å²) < 4.78 is 1.73. The molecule has 1 fully saturated rings. The van der Waals surface area contributed by atoms with E-state index in [4.69, 9.17) is 0 Å². The van der Waals surface area contributed by atoms with Crippen LogP contribution < -0.4 is 10.6 Å². The van der Waals surface area contributed by atoms with Gasteiger partial charge in [-0.05, 0) is 18.6 Å². The monoisotopic (exact) mass is 337 g/mol. The molecule has 0 radical (unpaired) electrons. The van der Waals surface area contributed by atoms with Gasteiger partial charge in [0.2, 0.25) is 11.9 Å². The second-order valence-electron chi connectivity index (χ2n) is 5.29. The van der Waals surface area contributed by atoms with Crippen molar-refractivity contribution in [2.75, 3.05) is 11.9 Å². The molecule has 1 aliphatic heterocycles. The topological polar surface area (TPSA) is 92.1 Å². The molecule has 1 aromatic heterocycles. The Kier molecular flexibility index (Phi) is 5.70. The number of anilines is 1. The van der Waals surface area contributed by atoms with E-state index in [9.17, 15) is 9.90 Å². The van der Waals surface area contributed by atoms with Crippen molar-refractivity contribution in [3.05, 3.63) is 36.2 Å². The summed E-state index contributed by atoms with van der Waals surface area (Å²) in [5.74, 6) is 0.847. The molecule has 1 amide bonds. The molecule has 3 rings (SSSR count). The maximum absolute atomic E-state index is 12.1. The van der Waals surface area contributed by atoms with Gasteiger partial charge in [-0.15, -0.1) is 17.5 Å². The Labute approximate surface area is 140 Å². The van der Waals surface area contributed by atoms with Gasteiger partial charge in [-0.1, -0.05) is 25.1 Å². The number of nitrogens with one attached hydrogen (secondary N) is 2. The number of carbonyl (C=O) groups is 1. The Bertz CT molecular complexity index is 661. The number of benzene rings is 1. The lowest BCUT2D eigenvalue weighted by Gasteiger charge is -2.07. The first-order valence-electron chi connectivity index (χ1n) is 7.41. The SMILES string of the molecule is CCc1nc(NC(=O)[C@@H]2C[C@@H](O)CN2)nn1-c1ccccc1.Cl. The molecule has 7 nitrogen and oxygen atoms in total. The third kappa shape index (κ3) is 3.87. The van der Waals surface area contributed by atoms with Crippen molar-refractivity contribution >= 4 is 24.3 Å². The minimum Gasteiger partial charge on any atom is -0.392 e. The molecule has 3 N–H and O–H groups in total. The molecule has 23 heavy (non-hydrogen) atoms. The van der Waals surface area contributed by atoms with Crippen LogP contribution in [-0.4, -0.2) is 44.5 Å². The molecule has 124 valence electrons. The fourth-order valence-electron chi connectivity index (χ4n) is 2.52. The summed E-state index contributed by atoms with van der Waals surface area (Å²) >= 11 is 0. The number of para-hydroxylation sites is 1. The second kappa shape index (κ2) is 7.54. The van der Waals surface area contributed by atoms with Gasteiger partial charge in [0.1, 0.15) is 5.82 Å². The summed E-state index contributed by atoms with van der Waals surface area (Å²) in [4.78, 5) is 16.5. The molecule has 2 heterocycles. The molecule has 1 saturated heterocycles. The quantitative estimate of drug-likeness (QED) is 0.771. The van der Waals surface area contributed by atoms with E-state index >= 15 is 0 Å². The van der Waals surface area contributed by atoms with E-state index in [-0.39, 0.29) is 24.3 Å². The normalized spacial score (nSPS) is 20.1. The van der Waals surface area contributed by atoms with Crippen LogP contribution >= 0.6 is 12.4 Å². The number of hydrogen-bond acceptors (Lipinski definition) is 5. The lowest BCUT2D eigenvalue weighted by Crippen LogP contribution is -2.35. The molecule has 1 aliphatic rings. The van der Waals surface area contributed by atoms with Crippen molar-refractivity contribution in [2.45, 2.75) is 31.9 Å². The first-order chi connectivity index (χ1) is 10.7. The van der Waals surface area contributed by atoms with Gasteiger partial charge >= 0.3 is 0 Å². The number of halogens is 1. The fourth-order valence-corrected chi connectivity index (χ4v) is 2.52. The van der Waals surface area contributed by atoms with E-state index in [0.29, 0.717) is 19.4 Å². The number of aryl methyl sites for hydroxylation is 1. The van der Waals surface area contributed by atoms with Crippen molar-refractivity contribution in [2.24, 2.45) is 0 Å². The number of hydrogen-bond donors (Lipinski definition) is 3. The van der Waals surface area contributed by atoms with E-state index in [0.717, 1.165) is 11.5 Å². The van der Waals surface area contributed by atoms with Crippen LogP contribution in [0.1, 0.15) is 19.2 Å². The zero-order valence-electron chi connectivity index (χ0n) is 12.8. The molecule has 2 aromatic rings. The van der Waals surface area contributed by atoms with Crippen LogP contribution in [0.25, 0.3) is 5.69 Å². The number of aliphatic hydroxyl groups is 1. The van der Waals surface area contributed by atoms with Crippen molar-refractivity contribution in [1.29, 1.82) is 0 Å². The molecule has 0 saturated carbocycles. The zero-order chi connectivity index (χ0) is 15.5. The first-order valence-corrected chi connectivity index (χ1v) is 7.41. The van der Waals surface area contributed by atoms with Crippen LogP contribution in [0.4, 0.5) is 5.95 Å². The Morgan fingerprint density at radius 2 is 2.17 bits per heavy atom. The number of β-amino-alcohol motifs (C(OH)–C–C–N with tert-alkyl or cyclic N) is 1.